The summed E-state index contributed by atoms with van der Waals surface area (Å²) in [4.78, 5) is 8.78. The number of aliphatic hydroxyl groups is 1. The van der Waals surface area contributed by atoms with Crippen LogP contribution in [0.25, 0.3) is 0 Å². The highest BCUT2D eigenvalue weighted by Gasteiger charge is 2.24. The van der Waals surface area contributed by atoms with Crippen LogP contribution in [0.5, 0.6) is 0 Å². The van der Waals surface area contributed by atoms with Crippen molar-refractivity contribution >= 4 is 11.6 Å². The maximum atomic E-state index is 9.45. The van der Waals surface area contributed by atoms with Crippen LogP contribution in [0.2, 0.25) is 0 Å². The highest BCUT2D eigenvalue weighted by molar-refractivity contribution is 5.48. The molecule has 1 aromatic rings. The first-order chi connectivity index (χ1) is 9.22. The highest BCUT2D eigenvalue weighted by atomic mass is 16.3. The zero-order chi connectivity index (χ0) is 13.7. The Labute approximate surface area is 114 Å². The molecule has 1 aliphatic carbocycles. The summed E-state index contributed by atoms with van der Waals surface area (Å²) in [6.45, 7) is 5.05. The molecule has 0 spiro atoms. The van der Waals surface area contributed by atoms with Crippen molar-refractivity contribution in [3.05, 3.63) is 11.9 Å². The van der Waals surface area contributed by atoms with Crippen molar-refractivity contribution in [3.63, 3.8) is 0 Å². The van der Waals surface area contributed by atoms with Crippen molar-refractivity contribution in [1.82, 2.24) is 9.97 Å². The number of nitrogens with zero attached hydrogens (tertiary/aromatic N) is 2. The lowest BCUT2D eigenvalue weighted by Gasteiger charge is -2.31. The normalized spacial score (nSPS) is 23.1. The van der Waals surface area contributed by atoms with E-state index in [0.29, 0.717) is 12.0 Å². The van der Waals surface area contributed by atoms with Crippen LogP contribution in [0.3, 0.4) is 0 Å². The van der Waals surface area contributed by atoms with Crippen LogP contribution < -0.4 is 10.6 Å². The molecule has 2 atom stereocenters. The predicted molar refractivity (Wildman–Crippen MR) is 77.4 cm³/mol. The molecule has 5 nitrogen and oxygen atoms in total. The summed E-state index contributed by atoms with van der Waals surface area (Å²) < 4.78 is 0. The lowest BCUT2D eigenvalue weighted by Crippen LogP contribution is -2.34. The third-order valence-electron chi connectivity index (χ3n) is 3.67. The van der Waals surface area contributed by atoms with E-state index in [2.05, 4.69) is 20.6 Å². The first-order valence-electron chi connectivity index (χ1n) is 7.20. The summed E-state index contributed by atoms with van der Waals surface area (Å²) in [5, 5.41) is 16.1. The van der Waals surface area contributed by atoms with E-state index in [0.717, 1.165) is 36.8 Å². The smallest absolute Gasteiger partial charge is 0.132 e. The largest absolute Gasteiger partial charge is 0.396 e. The number of nitrogens with one attached hydrogen (secondary N) is 2. The molecule has 2 rings (SSSR count). The highest BCUT2D eigenvalue weighted by Crippen LogP contribution is 2.26. The summed E-state index contributed by atoms with van der Waals surface area (Å²) >= 11 is 0. The van der Waals surface area contributed by atoms with E-state index >= 15 is 0 Å². The second kappa shape index (κ2) is 6.70. The SMILES string of the molecule is CCNc1cc(NC2CCCCC2CO)nc(C)n1. The molecule has 3 N–H and O–H groups in total. The van der Waals surface area contributed by atoms with E-state index in [1.54, 1.807) is 0 Å². The summed E-state index contributed by atoms with van der Waals surface area (Å²) in [6.07, 6.45) is 4.64. The van der Waals surface area contributed by atoms with Gasteiger partial charge in [0.15, 0.2) is 0 Å². The third kappa shape index (κ3) is 3.80. The maximum Gasteiger partial charge on any atom is 0.132 e. The van der Waals surface area contributed by atoms with Crippen molar-refractivity contribution in [2.45, 2.75) is 45.6 Å². The molecule has 0 bridgehead atoms. The third-order valence-corrected chi connectivity index (χ3v) is 3.67. The molecule has 0 amide bonds. The summed E-state index contributed by atoms with van der Waals surface area (Å²) in [5.74, 6) is 2.81. The minimum absolute atomic E-state index is 0.252. The molecule has 2 unspecified atom stereocenters. The fraction of sp³-hybridized carbons (Fsp3) is 0.714. The van der Waals surface area contributed by atoms with Gasteiger partial charge in [0.05, 0.1) is 0 Å². The molecule has 0 aromatic carbocycles. The van der Waals surface area contributed by atoms with E-state index in [1.807, 2.05) is 19.9 Å². The first kappa shape index (κ1) is 14.1. The summed E-state index contributed by atoms with van der Waals surface area (Å²) in [6, 6.07) is 2.27. The Morgan fingerprint density at radius 3 is 2.74 bits per heavy atom. The molecule has 106 valence electrons. The van der Waals surface area contributed by atoms with Gasteiger partial charge in [0.1, 0.15) is 17.5 Å². The fourth-order valence-corrected chi connectivity index (χ4v) is 2.72. The monoisotopic (exact) mass is 264 g/mol. The van der Waals surface area contributed by atoms with Gasteiger partial charge in [0.2, 0.25) is 0 Å². The fourth-order valence-electron chi connectivity index (χ4n) is 2.72. The number of aryl methyl sites for hydroxylation is 1. The lowest BCUT2D eigenvalue weighted by atomic mass is 9.85. The van der Waals surface area contributed by atoms with Crippen LogP contribution in [0.15, 0.2) is 6.07 Å². The Kier molecular flexibility index (Phi) is 4.96. The van der Waals surface area contributed by atoms with Gasteiger partial charge < -0.3 is 15.7 Å². The van der Waals surface area contributed by atoms with Crippen LogP contribution in [-0.4, -0.2) is 34.3 Å². The van der Waals surface area contributed by atoms with Crippen molar-refractivity contribution < 1.29 is 5.11 Å². The van der Waals surface area contributed by atoms with E-state index in [-0.39, 0.29) is 6.61 Å². The van der Waals surface area contributed by atoms with Gasteiger partial charge >= 0.3 is 0 Å². The molecule has 1 heterocycles. The zero-order valence-corrected chi connectivity index (χ0v) is 11.8. The van der Waals surface area contributed by atoms with Gasteiger partial charge in [-0.15, -0.1) is 0 Å². The molecular formula is C14H24N4O. The molecule has 0 radical (unpaired) electrons. The average molecular weight is 264 g/mol. The number of anilines is 2. The number of aliphatic hydroxyl groups excluding tert-OH is 1. The minimum Gasteiger partial charge on any atom is -0.396 e. The van der Waals surface area contributed by atoms with Crippen molar-refractivity contribution in [3.8, 4) is 0 Å². The molecule has 19 heavy (non-hydrogen) atoms. The molecule has 0 saturated heterocycles. The van der Waals surface area contributed by atoms with Gasteiger partial charge in [0, 0.05) is 31.2 Å². The second-order valence-electron chi connectivity index (χ2n) is 5.19. The van der Waals surface area contributed by atoms with Gasteiger partial charge in [0.25, 0.3) is 0 Å². The Hall–Kier alpha value is -1.36. The molecular weight excluding hydrogens is 240 g/mol. The summed E-state index contributed by atoms with van der Waals surface area (Å²) in [5.41, 5.74) is 0. The predicted octanol–water partition coefficient (Wildman–Crippen LogP) is 2.18. The van der Waals surface area contributed by atoms with Gasteiger partial charge in [-0.1, -0.05) is 12.8 Å². The van der Waals surface area contributed by atoms with E-state index in [1.165, 1.54) is 12.8 Å². The Balaban J connectivity index is 2.08. The minimum atomic E-state index is 0.252. The van der Waals surface area contributed by atoms with Crippen LogP contribution in [-0.2, 0) is 0 Å². The van der Waals surface area contributed by atoms with Crippen molar-refractivity contribution in [2.75, 3.05) is 23.8 Å². The standard InChI is InChI=1S/C14H24N4O/c1-3-15-13-8-14(17-10(2)16-13)18-12-7-5-4-6-11(12)9-19/h8,11-12,19H,3-7,9H2,1-2H3,(H2,15,16,17,18). The summed E-state index contributed by atoms with van der Waals surface area (Å²) in [7, 11) is 0. The Morgan fingerprint density at radius 2 is 2.00 bits per heavy atom. The molecule has 1 aliphatic rings. The van der Waals surface area contributed by atoms with Crippen LogP contribution in [0.4, 0.5) is 11.6 Å². The molecule has 1 saturated carbocycles. The lowest BCUT2D eigenvalue weighted by molar-refractivity contribution is 0.178. The molecule has 1 aromatic heterocycles. The Bertz CT molecular complexity index is 410. The number of hydrogen-bond acceptors (Lipinski definition) is 5. The molecule has 5 heteroatoms. The first-order valence-corrected chi connectivity index (χ1v) is 7.20. The quantitative estimate of drug-likeness (QED) is 0.760. The van der Waals surface area contributed by atoms with E-state index < -0.39 is 0 Å². The van der Waals surface area contributed by atoms with Crippen LogP contribution >= 0.6 is 0 Å². The zero-order valence-electron chi connectivity index (χ0n) is 11.8. The number of hydrogen-bond donors (Lipinski definition) is 3. The molecule has 1 fully saturated rings. The van der Waals surface area contributed by atoms with Gasteiger partial charge in [-0.05, 0) is 26.7 Å². The van der Waals surface area contributed by atoms with E-state index in [9.17, 15) is 5.11 Å². The van der Waals surface area contributed by atoms with Gasteiger partial charge in [-0.2, -0.15) is 0 Å². The molecule has 0 aliphatic heterocycles. The van der Waals surface area contributed by atoms with E-state index in [4.69, 9.17) is 0 Å². The number of rotatable bonds is 5. The van der Waals surface area contributed by atoms with Crippen molar-refractivity contribution in [1.29, 1.82) is 0 Å². The Morgan fingerprint density at radius 1 is 1.26 bits per heavy atom. The van der Waals surface area contributed by atoms with Crippen LogP contribution in [0.1, 0.15) is 38.4 Å². The average Bonchev–Trinajstić information content (AvgIpc) is 2.39. The van der Waals surface area contributed by atoms with Crippen LogP contribution in [0, 0.1) is 12.8 Å². The van der Waals surface area contributed by atoms with Crippen molar-refractivity contribution in [2.24, 2.45) is 5.92 Å². The number of aromatic nitrogens is 2. The van der Waals surface area contributed by atoms with Gasteiger partial charge in [-0.25, -0.2) is 9.97 Å². The maximum absolute atomic E-state index is 9.45. The van der Waals surface area contributed by atoms with Gasteiger partial charge in [-0.3, -0.25) is 0 Å². The topological polar surface area (TPSA) is 70.1 Å². The second-order valence-corrected chi connectivity index (χ2v) is 5.19.